The fourth-order valence-corrected chi connectivity index (χ4v) is 2.42. The Kier molecular flexibility index (Phi) is 1.83. The van der Waals surface area contributed by atoms with Gasteiger partial charge in [0.25, 0.3) is 0 Å². The highest BCUT2D eigenvalue weighted by atomic mass is 16.3. The van der Waals surface area contributed by atoms with E-state index >= 15 is 0 Å². The number of amidine groups is 1. The van der Waals surface area contributed by atoms with E-state index in [9.17, 15) is 5.11 Å². The first-order valence-corrected chi connectivity index (χ1v) is 5.44. The van der Waals surface area contributed by atoms with Crippen LogP contribution in [0.3, 0.4) is 0 Å². The zero-order valence-electron chi connectivity index (χ0n) is 8.53. The number of rotatable bonds is 0. The van der Waals surface area contributed by atoms with Crippen LogP contribution in [0, 0.1) is 0 Å². The molecule has 0 saturated heterocycles. The maximum Gasteiger partial charge on any atom is 0.149 e. The first kappa shape index (κ1) is 8.92. The molecule has 3 heteroatoms. The van der Waals surface area contributed by atoms with Crippen LogP contribution in [0.1, 0.15) is 24.8 Å². The lowest BCUT2D eigenvalue weighted by Gasteiger charge is -2.21. The second-order valence-corrected chi connectivity index (χ2v) is 4.22. The molecule has 3 rings (SSSR count). The van der Waals surface area contributed by atoms with Gasteiger partial charge < -0.3 is 10.4 Å². The average Bonchev–Trinajstić information content (AvgIpc) is 2.41. The van der Waals surface area contributed by atoms with Crippen LogP contribution in [0.15, 0.2) is 29.3 Å². The van der Waals surface area contributed by atoms with Crippen LogP contribution in [0.2, 0.25) is 0 Å². The van der Waals surface area contributed by atoms with E-state index in [1.54, 1.807) is 0 Å². The van der Waals surface area contributed by atoms with Crippen LogP contribution < -0.4 is 5.32 Å². The van der Waals surface area contributed by atoms with Crippen LogP contribution in [-0.4, -0.2) is 17.5 Å². The molecule has 1 aromatic carbocycles. The third-order valence-corrected chi connectivity index (χ3v) is 3.23. The summed E-state index contributed by atoms with van der Waals surface area (Å²) in [5.41, 5.74) is 1.12. The summed E-state index contributed by atoms with van der Waals surface area (Å²) < 4.78 is 0. The van der Waals surface area contributed by atoms with E-state index in [0.29, 0.717) is 0 Å². The van der Waals surface area contributed by atoms with Gasteiger partial charge in [-0.1, -0.05) is 18.2 Å². The standard InChI is InChI=1S/C12H14N2O/c15-12-7-3-4-8-13-11(12)14-10-6-2-1-5-9(10)12/h1-2,5-6,15H,3-4,7-8H2,(H,13,14). The Morgan fingerprint density at radius 1 is 1.27 bits per heavy atom. The van der Waals surface area contributed by atoms with Gasteiger partial charge in [-0.3, -0.25) is 4.99 Å². The Morgan fingerprint density at radius 2 is 2.13 bits per heavy atom. The summed E-state index contributed by atoms with van der Waals surface area (Å²) in [6.07, 6.45) is 2.87. The molecule has 0 aliphatic carbocycles. The van der Waals surface area contributed by atoms with Crippen LogP contribution in [-0.2, 0) is 5.60 Å². The molecule has 1 unspecified atom stereocenters. The lowest BCUT2D eigenvalue weighted by atomic mass is 9.90. The van der Waals surface area contributed by atoms with E-state index in [-0.39, 0.29) is 0 Å². The molecule has 0 amide bonds. The van der Waals surface area contributed by atoms with E-state index < -0.39 is 5.60 Å². The zero-order valence-corrected chi connectivity index (χ0v) is 8.53. The number of benzene rings is 1. The van der Waals surface area contributed by atoms with E-state index in [0.717, 1.165) is 42.9 Å². The molecule has 0 spiro atoms. The summed E-state index contributed by atoms with van der Waals surface area (Å²) in [6.45, 7) is 0.818. The van der Waals surface area contributed by atoms with Crippen molar-refractivity contribution in [3.8, 4) is 0 Å². The zero-order chi connectivity index (χ0) is 10.3. The Morgan fingerprint density at radius 3 is 3.07 bits per heavy atom. The van der Waals surface area contributed by atoms with Gasteiger partial charge >= 0.3 is 0 Å². The molecule has 2 N–H and O–H groups in total. The van der Waals surface area contributed by atoms with E-state index in [2.05, 4.69) is 10.3 Å². The number of nitrogens with zero attached hydrogens (tertiary/aromatic N) is 1. The van der Waals surface area contributed by atoms with Crippen molar-refractivity contribution in [3.05, 3.63) is 29.8 Å². The van der Waals surface area contributed by atoms with Gasteiger partial charge in [-0.05, 0) is 25.3 Å². The number of nitrogens with one attached hydrogen (secondary N) is 1. The second kappa shape index (κ2) is 3.07. The Bertz CT molecular complexity index is 427. The summed E-state index contributed by atoms with van der Waals surface area (Å²) in [5.74, 6) is 0.737. The van der Waals surface area contributed by atoms with Crippen LogP contribution in [0.4, 0.5) is 5.69 Å². The summed E-state index contributed by atoms with van der Waals surface area (Å²) in [5, 5.41) is 13.9. The van der Waals surface area contributed by atoms with Gasteiger partial charge in [0.1, 0.15) is 11.4 Å². The molecule has 0 radical (unpaired) electrons. The van der Waals surface area contributed by atoms with Crippen molar-refractivity contribution < 1.29 is 5.11 Å². The van der Waals surface area contributed by atoms with Crippen molar-refractivity contribution in [1.29, 1.82) is 0 Å². The highest BCUT2D eigenvalue weighted by molar-refractivity contribution is 6.08. The van der Waals surface area contributed by atoms with E-state index in [1.807, 2.05) is 24.3 Å². The van der Waals surface area contributed by atoms with Crippen molar-refractivity contribution >= 4 is 11.5 Å². The first-order chi connectivity index (χ1) is 7.31. The minimum absolute atomic E-state index is 0.737. The predicted molar refractivity (Wildman–Crippen MR) is 60.1 cm³/mol. The predicted octanol–water partition coefficient (Wildman–Crippen LogP) is 1.88. The molecular weight excluding hydrogens is 188 g/mol. The number of anilines is 1. The fraction of sp³-hybridized carbons (Fsp3) is 0.417. The molecule has 1 atom stereocenters. The molecular formula is C12H14N2O. The lowest BCUT2D eigenvalue weighted by molar-refractivity contribution is 0.105. The monoisotopic (exact) mass is 202 g/mol. The topological polar surface area (TPSA) is 44.6 Å². The Labute approximate surface area is 88.8 Å². The molecule has 1 aromatic rings. The van der Waals surface area contributed by atoms with Crippen molar-refractivity contribution in [2.75, 3.05) is 11.9 Å². The minimum Gasteiger partial charge on any atom is -0.377 e. The van der Waals surface area contributed by atoms with Gasteiger partial charge in [-0.15, -0.1) is 0 Å². The quantitative estimate of drug-likeness (QED) is 0.674. The fourth-order valence-electron chi connectivity index (χ4n) is 2.42. The van der Waals surface area contributed by atoms with E-state index in [1.165, 1.54) is 0 Å². The first-order valence-electron chi connectivity index (χ1n) is 5.44. The maximum atomic E-state index is 10.6. The molecule has 2 aliphatic rings. The van der Waals surface area contributed by atoms with Crippen LogP contribution in [0.25, 0.3) is 0 Å². The largest absolute Gasteiger partial charge is 0.377 e. The van der Waals surface area contributed by atoms with Gasteiger partial charge in [-0.25, -0.2) is 0 Å². The lowest BCUT2D eigenvalue weighted by Crippen LogP contribution is -2.33. The smallest absolute Gasteiger partial charge is 0.149 e. The van der Waals surface area contributed by atoms with Gasteiger partial charge in [0.05, 0.1) is 0 Å². The van der Waals surface area contributed by atoms with Crippen LogP contribution in [0.5, 0.6) is 0 Å². The number of hydrogen-bond donors (Lipinski definition) is 2. The van der Waals surface area contributed by atoms with Crippen molar-refractivity contribution in [3.63, 3.8) is 0 Å². The molecule has 3 nitrogen and oxygen atoms in total. The molecule has 0 fully saturated rings. The summed E-state index contributed by atoms with van der Waals surface area (Å²) in [4.78, 5) is 4.43. The SMILES string of the molecule is OC12CCCCN=C1Nc1ccccc12. The molecule has 78 valence electrons. The van der Waals surface area contributed by atoms with Crippen molar-refractivity contribution in [2.45, 2.75) is 24.9 Å². The summed E-state index contributed by atoms with van der Waals surface area (Å²) in [6, 6.07) is 7.91. The number of aliphatic imine (C=N–C) groups is 1. The molecule has 15 heavy (non-hydrogen) atoms. The van der Waals surface area contributed by atoms with Gasteiger partial charge in [0, 0.05) is 17.8 Å². The molecule has 0 saturated carbocycles. The highest BCUT2D eigenvalue weighted by Gasteiger charge is 2.42. The molecule has 0 bridgehead atoms. The molecule has 2 heterocycles. The van der Waals surface area contributed by atoms with Gasteiger partial charge in [0.15, 0.2) is 0 Å². The minimum atomic E-state index is -0.854. The number of hydrogen-bond acceptors (Lipinski definition) is 3. The van der Waals surface area contributed by atoms with Gasteiger partial charge in [0.2, 0.25) is 0 Å². The van der Waals surface area contributed by atoms with Crippen molar-refractivity contribution in [2.24, 2.45) is 4.99 Å². The summed E-state index contributed by atoms with van der Waals surface area (Å²) in [7, 11) is 0. The summed E-state index contributed by atoms with van der Waals surface area (Å²) >= 11 is 0. The number of fused-ring (bicyclic) bond motifs is 3. The van der Waals surface area contributed by atoms with E-state index in [4.69, 9.17) is 0 Å². The Hall–Kier alpha value is -1.35. The molecule has 0 aromatic heterocycles. The third-order valence-electron chi connectivity index (χ3n) is 3.23. The highest BCUT2D eigenvalue weighted by Crippen LogP contribution is 2.40. The average molecular weight is 202 g/mol. The second-order valence-electron chi connectivity index (χ2n) is 4.22. The maximum absolute atomic E-state index is 10.6. The van der Waals surface area contributed by atoms with Gasteiger partial charge in [-0.2, -0.15) is 0 Å². The third kappa shape index (κ3) is 1.20. The number of para-hydroxylation sites is 1. The van der Waals surface area contributed by atoms with Crippen LogP contribution >= 0.6 is 0 Å². The van der Waals surface area contributed by atoms with Crippen molar-refractivity contribution in [1.82, 2.24) is 0 Å². The Balaban J connectivity index is 2.15. The molecule has 2 aliphatic heterocycles. The normalized spacial score (nSPS) is 28.5. The number of aliphatic hydroxyl groups is 1.